The molecule has 1 aromatic carbocycles. The first-order valence-corrected chi connectivity index (χ1v) is 5.85. The number of nitrogens with one attached hydrogen (secondary N) is 1. The zero-order valence-electron chi connectivity index (χ0n) is 9.18. The van der Waals surface area contributed by atoms with E-state index in [1.165, 1.54) is 0 Å². The molecule has 2 aromatic rings. The van der Waals surface area contributed by atoms with Gasteiger partial charge in [0, 0.05) is 10.7 Å². The Bertz CT molecular complexity index is 667. The van der Waals surface area contributed by atoms with Crippen LogP contribution in [0.5, 0.6) is 0 Å². The third-order valence-corrected chi connectivity index (χ3v) is 2.78. The van der Waals surface area contributed by atoms with Gasteiger partial charge in [-0.3, -0.25) is 0 Å². The van der Waals surface area contributed by atoms with Crippen LogP contribution in [0.2, 0.25) is 0 Å². The summed E-state index contributed by atoms with van der Waals surface area (Å²) < 4.78 is 0.825. The van der Waals surface area contributed by atoms with Crippen LogP contribution >= 0.6 is 15.9 Å². The Hall–Kier alpha value is -2.37. The fourth-order valence-electron chi connectivity index (χ4n) is 1.44. The number of hydrogen-bond donors (Lipinski definition) is 1. The largest absolute Gasteiger partial charge is 0.338 e. The van der Waals surface area contributed by atoms with E-state index < -0.39 is 0 Å². The molecule has 0 saturated heterocycles. The lowest BCUT2D eigenvalue weighted by Gasteiger charge is -2.08. The van der Waals surface area contributed by atoms with Crippen molar-refractivity contribution in [2.75, 3.05) is 5.32 Å². The topological polar surface area (TPSA) is 72.5 Å². The highest BCUT2D eigenvalue weighted by atomic mass is 79.9. The number of rotatable bonds is 2. The monoisotopic (exact) mass is 298 g/mol. The molecule has 0 aliphatic rings. The Labute approximate surface area is 113 Å². The summed E-state index contributed by atoms with van der Waals surface area (Å²) in [6.07, 6.45) is 1.59. The van der Waals surface area contributed by atoms with E-state index in [2.05, 4.69) is 32.3 Å². The third kappa shape index (κ3) is 2.48. The van der Waals surface area contributed by atoms with Crippen LogP contribution in [-0.4, -0.2) is 4.98 Å². The predicted molar refractivity (Wildman–Crippen MR) is 71.1 cm³/mol. The van der Waals surface area contributed by atoms with E-state index in [4.69, 9.17) is 10.5 Å². The Morgan fingerprint density at radius 3 is 2.61 bits per heavy atom. The van der Waals surface area contributed by atoms with E-state index in [1.54, 1.807) is 30.5 Å². The third-order valence-electron chi connectivity index (χ3n) is 2.28. The van der Waals surface area contributed by atoms with Crippen LogP contribution in [0, 0.1) is 22.7 Å². The molecule has 0 bridgehead atoms. The van der Waals surface area contributed by atoms with Crippen LogP contribution in [0.15, 0.2) is 41.0 Å². The summed E-state index contributed by atoms with van der Waals surface area (Å²) in [6.45, 7) is 0. The van der Waals surface area contributed by atoms with Gasteiger partial charge in [-0.05, 0) is 30.3 Å². The van der Waals surface area contributed by atoms with Crippen LogP contribution < -0.4 is 5.32 Å². The van der Waals surface area contributed by atoms with Gasteiger partial charge in [-0.1, -0.05) is 15.9 Å². The molecule has 0 saturated carbocycles. The number of halogens is 1. The van der Waals surface area contributed by atoms with Crippen LogP contribution in [0.1, 0.15) is 11.1 Å². The van der Waals surface area contributed by atoms with Gasteiger partial charge in [0.25, 0.3) is 0 Å². The highest BCUT2D eigenvalue weighted by molar-refractivity contribution is 9.10. The number of hydrogen-bond acceptors (Lipinski definition) is 4. The summed E-state index contributed by atoms with van der Waals surface area (Å²) >= 11 is 3.30. The van der Waals surface area contributed by atoms with Gasteiger partial charge in [-0.25, -0.2) is 4.98 Å². The van der Waals surface area contributed by atoms with Gasteiger partial charge < -0.3 is 5.32 Å². The summed E-state index contributed by atoms with van der Waals surface area (Å²) in [4.78, 5) is 4.09. The molecule has 0 aliphatic carbocycles. The van der Waals surface area contributed by atoms with Gasteiger partial charge in [0.1, 0.15) is 18.0 Å². The maximum Gasteiger partial charge on any atom is 0.148 e. The van der Waals surface area contributed by atoms with Crippen molar-refractivity contribution in [3.05, 3.63) is 52.1 Å². The second-order valence-electron chi connectivity index (χ2n) is 3.44. The molecule has 2 rings (SSSR count). The Kier molecular flexibility index (Phi) is 3.57. The van der Waals surface area contributed by atoms with Crippen molar-refractivity contribution in [3.63, 3.8) is 0 Å². The van der Waals surface area contributed by atoms with E-state index >= 15 is 0 Å². The average Bonchev–Trinajstić information content (AvgIpc) is 2.41. The van der Waals surface area contributed by atoms with Gasteiger partial charge in [0.15, 0.2) is 0 Å². The van der Waals surface area contributed by atoms with Crippen molar-refractivity contribution in [2.24, 2.45) is 0 Å². The molecule has 0 fully saturated rings. The number of anilines is 2. The number of pyridine rings is 1. The Morgan fingerprint density at radius 2 is 1.89 bits per heavy atom. The highest BCUT2D eigenvalue weighted by Crippen LogP contribution is 2.24. The van der Waals surface area contributed by atoms with Gasteiger partial charge in [-0.2, -0.15) is 10.5 Å². The molecule has 1 heterocycles. The smallest absolute Gasteiger partial charge is 0.148 e. The first-order valence-electron chi connectivity index (χ1n) is 5.06. The summed E-state index contributed by atoms with van der Waals surface area (Å²) in [5.41, 5.74) is 1.54. The normalized spacial score (nSPS) is 9.28. The lowest BCUT2D eigenvalue weighted by atomic mass is 10.2. The van der Waals surface area contributed by atoms with Crippen molar-refractivity contribution in [3.8, 4) is 12.1 Å². The molecule has 1 N–H and O–H groups in total. The van der Waals surface area contributed by atoms with Crippen molar-refractivity contribution in [2.45, 2.75) is 0 Å². The second-order valence-corrected chi connectivity index (χ2v) is 4.35. The van der Waals surface area contributed by atoms with Crippen molar-refractivity contribution in [1.82, 2.24) is 4.98 Å². The lowest BCUT2D eigenvalue weighted by Crippen LogP contribution is -1.98. The molecular weight excluding hydrogens is 292 g/mol. The first kappa shape index (κ1) is 12.1. The molecule has 0 amide bonds. The molecule has 0 atom stereocenters. The lowest BCUT2D eigenvalue weighted by molar-refractivity contribution is 1.28. The molecule has 5 heteroatoms. The molecule has 4 nitrogen and oxygen atoms in total. The first-order chi connectivity index (χ1) is 8.74. The fraction of sp³-hybridized carbons (Fsp3) is 0. The van der Waals surface area contributed by atoms with E-state index in [9.17, 15) is 0 Å². The summed E-state index contributed by atoms with van der Waals surface area (Å²) in [7, 11) is 0. The zero-order valence-corrected chi connectivity index (χ0v) is 10.8. The van der Waals surface area contributed by atoms with Crippen LogP contribution in [-0.2, 0) is 0 Å². The number of nitrogens with zero attached hydrogens (tertiary/aromatic N) is 3. The van der Waals surface area contributed by atoms with Crippen LogP contribution in [0.4, 0.5) is 11.5 Å². The van der Waals surface area contributed by atoms with Gasteiger partial charge in [-0.15, -0.1) is 0 Å². The zero-order chi connectivity index (χ0) is 13.0. The van der Waals surface area contributed by atoms with Crippen molar-refractivity contribution >= 4 is 27.4 Å². The van der Waals surface area contributed by atoms with Gasteiger partial charge >= 0.3 is 0 Å². The fourth-order valence-corrected chi connectivity index (χ4v) is 1.80. The summed E-state index contributed by atoms with van der Waals surface area (Å²) in [5.74, 6) is 0.443. The quantitative estimate of drug-likeness (QED) is 0.923. The number of nitriles is 2. The number of aromatic nitrogens is 1. The molecule has 18 heavy (non-hydrogen) atoms. The van der Waals surface area contributed by atoms with Crippen molar-refractivity contribution < 1.29 is 0 Å². The predicted octanol–water partition coefficient (Wildman–Crippen LogP) is 3.33. The second kappa shape index (κ2) is 5.31. The molecule has 0 aliphatic heterocycles. The van der Waals surface area contributed by atoms with Crippen molar-refractivity contribution in [1.29, 1.82) is 10.5 Å². The van der Waals surface area contributed by atoms with Gasteiger partial charge in [0.05, 0.1) is 16.8 Å². The minimum atomic E-state index is 0.435. The van der Waals surface area contributed by atoms with E-state index in [1.807, 2.05) is 12.1 Å². The van der Waals surface area contributed by atoms with E-state index in [0.717, 1.165) is 4.47 Å². The maximum absolute atomic E-state index is 9.05. The molecule has 0 spiro atoms. The minimum absolute atomic E-state index is 0.435. The number of benzene rings is 1. The van der Waals surface area contributed by atoms with Crippen LogP contribution in [0.25, 0.3) is 0 Å². The average molecular weight is 299 g/mol. The minimum Gasteiger partial charge on any atom is -0.338 e. The Balaban J connectivity index is 2.41. The standard InChI is InChI=1S/C13H7BrN4/c14-11-3-4-12(10(6-11)8-16)18-13-9(7-15)2-1-5-17-13/h1-6H,(H,17,18). The maximum atomic E-state index is 9.05. The van der Waals surface area contributed by atoms with Crippen LogP contribution in [0.3, 0.4) is 0 Å². The summed E-state index contributed by atoms with van der Waals surface area (Å²) in [6, 6.07) is 12.8. The molecule has 0 radical (unpaired) electrons. The molecule has 1 aromatic heterocycles. The van der Waals surface area contributed by atoms with Gasteiger partial charge in [0.2, 0.25) is 0 Å². The van der Waals surface area contributed by atoms with E-state index in [0.29, 0.717) is 22.6 Å². The highest BCUT2D eigenvalue weighted by Gasteiger charge is 2.07. The summed E-state index contributed by atoms with van der Waals surface area (Å²) in [5, 5.41) is 21.0. The van der Waals surface area contributed by atoms with E-state index in [-0.39, 0.29) is 0 Å². The molecule has 86 valence electrons. The SMILES string of the molecule is N#Cc1cc(Br)ccc1Nc1ncccc1C#N. The Morgan fingerprint density at radius 1 is 1.11 bits per heavy atom. The molecule has 0 unspecified atom stereocenters. The molecular formula is C13H7BrN4.